The topological polar surface area (TPSA) is 75.7 Å². The summed E-state index contributed by atoms with van der Waals surface area (Å²) in [5.41, 5.74) is 0.724. The molecule has 1 amide bonds. The first-order valence-electron chi connectivity index (χ1n) is 9.00. The van der Waals surface area contributed by atoms with Gasteiger partial charge in [-0.25, -0.2) is 12.8 Å². The fourth-order valence-corrected chi connectivity index (χ4v) is 4.69. The fourth-order valence-electron chi connectivity index (χ4n) is 3.39. The van der Waals surface area contributed by atoms with E-state index in [1.165, 1.54) is 19.1 Å². The molecular weight excluding hydrogens is 383 g/mol. The lowest BCUT2D eigenvalue weighted by Gasteiger charge is -2.35. The number of hydrogen-bond acceptors (Lipinski definition) is 4. The summed E-state index contributed by atoms with van der Waals surface area (Å²) < 4.78 is 47.1. The van der Waals surface area contributed by atoms with Gasteiger partial charge in [0.05, 0.1) is 28.4 Å². The summed E-state index contributed by atoms with van der Waals surface area (Å²) in [6.45, 7) is 6.16. The Hall–Kier alpha value is -2.45. The lowest BCUT2D eigenvalue weighted by Crippen LogP contribution is -2.48. The minimum atomic E-state index is -3.98. The Morgan fingerprint density at radius 3 is 2.43 bits per heavy atom. The third kappa shape index (κ3) is 4.34. The van der Waals surface area contributed by atoms with Crippen LogP contribution in [0.2, 0.25) is 0 Å². The van der Waals surface area contributed by atoms with E-state index in [-0.39, 0.29) is 39.8 Å². The van der Waals surface area contributed by atoms with Crippen LogP contribution in [0.25, 0.3) is 0 Å². The summed E-state index contributed by atoms with van der Waals surface area (Å²) >= 11 is 0. The third-order valence-corrected chi connectivity index (χ3v) is 6.06. The maximum atomic E-state index is 13.3. The highest BCUT2D eigenvalue weighted by Gasteiger charge is 2.28. The van der Waals surface area contributed by atoms with Crippen molar-refractivity contribution in [3.05, 3.63) is 59.4 Å². The molecule has 3 rings (SSSR count). The van der Waals surface area contributed by atoms with E-state index in [2.05, 4.69) is 4.72 Å². The van der Waals surface area contributed by atoms with Crippen molar-refractivity contribution in [3.8, 4) is 0 Å². The number of para-hydroxylation sites is 1. The minimum Gasteiger partial charge on any atom is -0.372 e. The van der Waals surface area contributed by atoms with Crippen LogP contribution >= 0.6 is 0 Å². The van der Waals surface area contributed by atoms with Crippen molar-refractivity contribution in [2.24, 2.45) is 0 Å². The molecule has 2 aromatic rings. The zero-order valence-corrected chi connectivity index (χ0v) is 16.8. The van der Waals surface area contributed by atoms with Crippen molar-refractivity contribution in [1.29, 1.82) is 0 Å². The lowest BCUT2D eigenvalue weighted by atomic mass is 10.1. The second-order valence-corrected chi connectivity index (χ2v) is 8.68. The lowest BCUT2D eigenvalue weighted by molar-refractivity contribution is -0.0585. The van der Waals surface area contributed by atoms with E-state index in [0.717, 1.165) is 12.1 Å². The Kier molecular flexibility index (Phi) is 5.71. The quantitative estimate of drug-likeness (QED) is 0.846. The van der Waals surface area contributed by atoms with Crippen molar-refractivity contribution in [3.63, 3.8) is 0 Å². The minimum absolute atomic E-state index is 0.0373. The molecule has 1 aliphatic rings. The molecule has 2 atom stereocenters. The number of sulfonamides is 1. The number of aryl methyl sites for hydroxylation is 1. The molecule has 150 valence electrons. The van der Waals surface area contributed by atoms with Crippen LogP contribution in [0.5, 0.6) is 0 Å². The number of anilines is 1. The van der Waals surface area contributed by atoms with E-state index in [1.807, 2.05) is 13.8 Å². The van der Waals surface area contributed by atoms with E-state index < -0.39 is 15.8 Å². The van der Waals surface area contributed by atoms with E-state index in [9.17, 15) is 17.6 Å². The van der Waals surface area contributed by atoms with E-state index in [1.54, 1.807) is 23.1 Å². The molecular formula is C20H23FN2O4S. The first-order chi connectivity index (χ1) is 13.2. The zero-order chi connectivity index (χ0) is 20.5. The van der Waals surface area contributed by atoms with Gasteiger partial charge in [-0.05, 0) is 56.7 Å². The number of carbonyl (C=O) groups excluding carboxylic acids is 1. The molecule has 1 aliphatic heterocycles. The number of nitrogens with one attached hydrogen (secondary N) is 1. The van der Waals surface area contributed by atoms with Crippen molar-refractivity contribution < 1.29 is 22.3 Å². The highest BCUT2D eigenvalue weighted by atomic mass is 32.2. The molecule has 1 fully saturated rings. The first-order valence-corrected chi connectivity index (χ1v) is 10.5. The largest absolute Gasteiger partial charge is 0.372 e. The van der Waals surface area contributed by atoms with E-state index >= 15 is 0 Å². The Bertz CT molecular complexity index is 983. The van der Waals surface area contributed by atoms with E-state index in [0.29, 0.717) is 13.1 Å². The zero-order valence-electron chi connectivity index (χ0n) is 16.0. The van der Waals surface area contributed by atoms with Crippen LogP contribution in [0.4, 0.5) is 10.1 Å². The van der Waals surface area contributed by atoms with E-state index in [4.69, 9.17) is 4.74 Å². The van der Waals surface area contributed by atoms with Gasteiger partial charge < -0.3 is 9.64 Å². The Morgan fingerprint density at radius 1 is 1.14 bits per heavy atom. The maximum absolute atomic E-state index is 13.3. The number of carbonyl (C=O) groups is 1. The first kappa shape index (κ1) is 20.3. The standard InChI is InChI=1S/C20H23FN2O4S/c1-13-10-16(21)8-9-19(13)28(25,26)22-18-7-5-4-6-17(18)20(24)23-11-14(2)27-15(3)12-23/h4-10,14-15,22H,11-12H2,1-3H3/t14-,15+. The van der Waals surface area contributed by atoms with Gasteiger partial charge in [0.25, 0.3) is 15.9 Å². The summed E-state index contributed by atoms with van der Waals surface area (Å²) in [5, 5.41) is 0. The molecule has 0 saturated carbocycles. The molecule has 8 heteroatoms. The fraction of sp³-hybridized carbons (Fsp3) is 0.350. The van der Waals surface area contributed by atoms with Crippen molar-refractivity contribution in [2.45, 2.75) is 37.9 Å². The number of ether oxygens (including phenoxy) is 1. The highest BCUT2D eigenvalue weighted by molar-refractivity contribution is 7.92. The number of benzene rings is 2. The molecule has 0 aromatic heterocycles. The van der Waals surface area contributed by atoms with Crippen LogP contribution in [0.1, 0.15) is 29.8 Å². The molecule has 28 heavy (non-hydrogen) atoms. The number of amides is 1. The molecule has 1 heterocycles. The van der Waals surface area contributed by atoms with Crippen molar-refractivity contribution >= 4 is 21.6 Å². The van der Waals surface area contributed by atoms with Gasteiger partial charge in [0.15, 0.2) is 0 Å². The van der Waals surface area contributed by atoms with Crippen LogP contribution in [-0.2, 0) is 14.8 Å². The van der Waals surface area contributed by atoms with Gasteiger partial charge in [0, 0.05) is 13.1 Å². The summed E-state index contributed by atoms with van der Waals surface area (Å²) in [5.74, 6) is -0.779. The monoisotopic (exact) mass is 406 g/mol. The van der Waals surface area contributed by atoms with Crippen molar-refractivity contribution in [1.82, 2.24) is 4.90 Å². The summed E-state index contributed by atoms with van der Waals surface area (Å²) in [4.78, 5) is 14.7. The predicted molar refractivity (Wildman–Crippen MR) is 104 cm³/mol. The average molecular weight is 406 g/mol. The normalized spacial score (nSPS) is 20.1. The summed E-state index contributed by atoms with van der Waals surface area (Å²) in [7, 11) is -3.98. The van der Waals surface area contributed by atoms with Gasteiger partial charge in [-0.3, -0.25) is 9.52 Å². The van der Waals surface area contributed by atoms with Gasteiger partial charge in [0.2, 0.25) is 0 Å². The number of rotatable bonds is 4. The van der Waals surface area contributed by atoms with Crippen LogP contribution in [-0.4, -0.2) is 44.5 Å². The highest BCUT2D eigenvalue weighted by Crippen LogP contribution is 2.25. The summed E-state index contributed by atoms with van der Waals surface area (Å²) in [6, 6.07) is 9.91. The second-order valence-electron chi connectivity index (χ2n) is 7.03. The number of morpholine rings is 1. The SMILES string of the molecule is Cc1cc(F)ccc1S(=O)(=O)Nc1ccccc1C(=O)N1C[C@@H](C)O[C@@H](C)C1. The molecule has 1 saturated heterocycles. The van der Waals surface area contributed by atoms with Crippen LogP contribution < -0.4 is 4.72 Å². The predicted octanol–water partition coefficient (Wildman–Crippen LogP) is 3.18. The second kappa shape index (κ2) is 7.89. The van der Waals surface area contributed by atoms with Gasteiger partial charge in [-0.1, -0.05) is 12.1 Å². The molecule has 2 aromatic carbocycles. The molecule has 0 radical (unpaired) electrons. The van der Waals surface area contributed by atoms with Crippen molar-refractivity contribution in [2.75, 3.05) is 17.8 Å². The smallest absolute Gasteiger partial charge is 0.262 e. The van der Waals surface area contributed by atoms with Gasteiger partial charge >= 0.3 is 0 Å². The Balaban J connectivity index is 1.91. The molecule has 0 aliphatic carbocycles. The van der Waals surface area contributed by atoms with Gasteiger partial charge in [-0.15, -0.1) is 0 Å². The van der Waals surface area contributed by atoms with Crippen LogP contribution in [0.3, 0.4) is 0 Å². The summed E-state index contributed by atoms with van der Waals surface area (Å²) in [6.07, 6.45) is -0.197. The molecule has 0 spiro atoms. The molecule has 0 unspecified atom stereocenters. The average Bonchev–Trinajstić information content (AvgIpc) is 2.60. The number of nitrogens with zero attached hydrogens (tertiary/aromatic N) is 1. The van der Waals surface area contributed by atoms with Gasteiger partial charge in [-0.2, -0.15) is 0 Å². The maximum Gasteiger partial charge on any atom is 0.262 e. The number of hydrogen-bond donors (Lipinski definition) is 1. The van der Waals surface area contributed by atoms with Gasteiger partial charge in [0.1, 0.15) is 5.82 Å². The molecule has 6 nitrogen and oxygen atoms in total. The van der Waals surface area contributed by atoms with Crippen LogP contribution in [0.15, 0.2) is 47.4 Å². The third-order valence-electron chi connectivity index (χ3n) is 4.54. The Labute approximate surface area is 164 Å². The molecule has 1 N–H and O–H groups in total. The molecule has 0 bridgehead atoms. The Morgan fingerprint density at radius 2 is 1.79 bits per heavy atom. The number of halogens is 1. The van der Waals surface area contributed by atoms with Crippen LogP contribution in [0, 0.1) is 12.7 Å².